The van der Waals surface area contributed by atoms with Crippen molar-refractivity contribution in [1.29, 1.82) is 0 Å². The van der Waals surface area contributed by atoms with Gasteiger partial charge in [-0.05, 0) is 12.8 Å². The molecule has 0 aromatic carbocycles. The number of hydrogen-bond acceptors (Lipinski definition) is 4. The molecule has 0 radical (unpaired) electrons. The summed E-state index contributed by atoms with van der Waals surface area (Å²) in [6, 6.07) is -0.298. The van der Waals surface area contributed by atoms with E-state index in [-0.39, 0.29) is 16.8 Å². The summed E-state index contributed by atoms with van der Waals surface area (Å²) >= 11 is 0. The Labute approximate surface area is 98.2 Å². The molecule has 0 saturated heterocycles. The van der Waals surface area contributed by atoms with Crippen molar-refractivity contribution in [3.63, 3.8) is 0 Å². The first kappa shape index (κ1) is 11.9. The van der Waals surface area contributed by atoms with Crippen molar-refractivity contribution in [3.8, 4) is 0 Å². The van der Waals surface area contributed by atoms with Gasteiger partial charge in [-0.3, -0.25) is 10.00 Å². The highest BCUT2D eigenvalue weighted by Crippen LogP contribution is 2.20. The van der Waals surface area contributed by atoms with E-state index >= 15 is 0 Å². The molecule has 0 spiro atoms. The van der Waals surface area contributed by atoms with Gasteiger partial charge >= 0.3 is 6.03 Å². The molecular formula is C8H13N5O3S. The second-order valence-electron chi connectivity index (χ2n) is 3.93. The van der Waals surface area contributed by atoms with Gasteiger partial charge in [-0.1, -0.05) is 0 Å². The highest BCUT2D eigenvalue weighted by Gasteiger charge is 2.25. The largest absolute Gasteiger partial charge is 0.335 e. The van der Waals surface area contributed by atoms with Crippen LogP contribution in [-0.4, -0.2) is 30.3 Å². The average molecular weight is 259 g/mol. The Morgan fingerprint density at radius 3 is 2.76 bits per heavy atom. The van der Waals surface area contributed by atoms with Crippen LogP contribution in [0.3, 0.4) is 0 Å². The van der Waals surface area contributed by atoms with Gasteiger partial charge in [0.2, 0.25) is 10.0 Å². The van der Waals surface area contributed by atoms with E-state index in [0.29, 0.717) is 0 Å². The van der Waals surface area contributed by atoms with Crippen LogP contribution < -0.4 is 15.8 Å². The number of nitrogens with one attached hydrogen (secondary N) is 2. The summed E-state index contributed by atoms with van der Waals surface area (Å²) in [5, 5.41) is 13.9. The quantitative estimate of drug-likeness (QED) is 0.668. The Balaban J connectivity index is 2.16. The highest BCUT2D eigenvalue weighted by atomic mass is 32.2. The smallest absolute Gasteiger partial charge is 0.320 e. The topological polar surface area (TPSA) is 119 Å². The molecule has 0 atom stereocenters. The summed E-state index contributed by atoms with van der Waals surface area (Å²) in [6.07, 6.45) is 3.12. The van der Waals surface area contributed by atoms with Gasteiger partial charge < -0.3 is 5.32 Å². The SMILES string of the molecule is Cn1cc(S(N)(=O)=O)c(NC(=O)NC2CC2)n1. The van der Waals surface area contributed by atoms with E-state index in [2.05, 4.69) is 15.7 Å². The second-order valence-corrected chi connectivity index (χ2v) is 5.46. The molecule has 1 aliphatic rings. The fraction of sp³-hybridized carbons (Fsp3) is 0.500. The molecule has 2 amide bonds. The Morgan fingerprint density at radius 2 is 2.24 bits per heavy atom. The maximum Gasteiger partial charge on any atom is 0.320 e. The van der Waals surface area contributed by atoms with Gasteiger partial charge in [-0.25, -0.2) is 18.4 Å². The van der Waals surface area contributed by atoms with Crippen LogP contribution in [0, 0.1) is 0 Å². The van der Waals surface area contributed by atoms with Crippen LogP contribution in [0.4, 0.5) is 10.6 Å². The van der Waals surface area contributed by atoms with Crippen LogP contribution in [-0.2, 0) is 17.1 Å². The lowest BCUT2D eigenvalue weighted by Gasteiger charge is -2.04. The Bertz CT molecular complexity index is 546. The number of sulfonamides is 1. The van der Waals surface area contributed by atoms with Gasteiger partial charge in [0.05, 0.1) is 0 Å². The summed E-state index contributed by atoms with van der Waals surface area (Å²) < 4.78 is 23.7. The normalized spacial score (nSPS) is 15.6. The van der Waals surface area contributed by atoms with Crippen molar-refractivity contribution < 1.29 is 13.2 Å². The second kappa shape index (κ2) is 4.00. The van der Waals surface area contributed by atoms with E-state index < -0.39 is 16.1 Å². The Morgan fingerprint density at radius 1 is 1.59 bits per heavy atom. The van der Waals surface area contributed by atoms with E-state index in [1.807, 2.05) is 0 Å². The standard InChI is InChI=1S/C8H13N5O3S/c1-13-4-6(17(9,15)16)7(12-13)11-8(14)10-5-2-3-5/h4-5H,2-3H2,1H3,(H2,9,15,16)(H2,10,11,12,14). The first-order chi connectivity index (χ1) is 7.86. The molecule has 0 aliphatic heterocycles. The number of primary sulfonamides is 1. The zero-order valence-corrected chi connectivity index (χ0v) is 9.99. The molecular weight excluding hydrogens is 246 g/mol. The number of hydrogen-bond donors (Lipinski definition) is 3. The van der Waals surface area contributed by atoms with Crippen LogP contribution in [0.15, 0.2) is 11.1 Å². The van der Waals surface area contributed by atoms with Gasteiger partial charge in [0.25, 0.3) is 0 Å². The maximum absolute atomic E-state index is 11.4. The molecule has 4 N–H and O–H groups in total. The van der Waals surface area contributed by atoms with Crippen LogP contribution in [0.2, 0.25) is 0 Å². The van der Waals surface area contributed by atoms with Crippen molar-refractivity contribution in [1.82, 2.24) is 15.1 Å². The lowest BCUT2D eigenvalue weighted by molar-refractivity contribution is 0.251. The molecule has 0 unspecified atom stereocenters. The highest BCUT2D eigenvalue weighted by molar-refractivity contribution is 7.89. The number of urea groups is 1. The Kier molecular flexibility index (Phi) is 2.79. The van der Waals surface area contributed by atoms with Crippen molar-refractivity contribution in [3.05, 3.63) is 6.20 Å². The van der Waals surface area contributed by atoms with Crippen LogP contribution in [0.25, 0.3) is 0 Å². The number of amides is 2. The van der Waals surface area contributed by atoms with Crippen LogP contribution >= 0.6 is 0 Å². The summed E-state index contributed by atoms with van der Waals surface area (Å²) in [5.41, 5.74) is 0. The number of nitrogens with two attached hydrogens (primary N) is 1. The molecule has 1 saturated carbocycles. The van der Waals surface area contributed by atoms with Gasteiger partial charge in [0.1, 0.15) is 4.90 Å². The van der Waals surface area contributed by atoms with Crippen molar-refractivity contribution in [2.24, 2.45) is 12.2 Å². The third-order valence-electron chi connectivity index (χ3n) is 2.25. The van der Waals surface area contributed by atoms with Crippen LogP contribution in [0.1, 0.15) is 12.8 Å². The minimum absolute atomic E-state index is 0.0619. The number of anilines is 1. The summed E-state index contributed by atoms with van der Waals surface area (Å²) in [6.45, 7) is 0. The van der Waals surface area contributed by atoms with E-state index in [1.54, 1.807) is 7.05 Å². The number of aromatic nitrogens is 2. The predicted octanol–water partition coefficient (Wildman–Crippen LogP) is -0.649. The fourth-order valence-corrected chi connectivity index (χ4v) is 1.98. The molecule has 9 heteroatoms. The monoisotopic (exact) mass is 259 g/mol. The number of rotatable bonds is 3. The molecule has 1 fully saturated rings. The summed E-state index contributed by atoms with van der Waals surface area (Å²) in [7, 11) is -2.36. The van der Waals surface area contributed by atoms with Gasteiger partial charge in [-0.15, -0.1) is 0 Å². The molecule has 1 heterocycles. The molecule has 17 heavy (non-hydrogen) atoms. The first-order valence-corrected chi connectivity index (χ1v) is 6.55. The average Bonchev–Trinajstić information content (AvgIpc) is 2.88. The number of nitrogens with zero attached hydrogens (tertiary/aromatic N) is 2. The van der Waals surface area contributed by atoms with Crippen molar-refractivity contribution >= 4 is 21.9 Å². The van der Waals surface area contributed by atoms with Gasteiger partial charge in [0, 0.05) is 19.3 Å². The summed E-state index contributed by atoms with van der Waals surface area (Å²) in [5.74, 6) is -0.0619. The lowest BCUT2D eigenvalue weighted by atomic mass is 10.6. The predicted molar refractivity (Wildman–Crippen MR) is 59.8 cm³/mol. The lowest BCUT2D eigenvalue weighted by Crippen LogP contribution is -2.31. The van der Waals surface area contributed by atoms with Gasteiger partial charge in [-0.2, -0.15) is 5.10 Å². The third-order valence-corrected chi connectivity index (χ3v) is 3.16. The maximum atomic E-state index is 11.4. The fourth-order valence-electron chi connectivity index (χ4n) is 1.32. The summed E-state index contributed by atoms with van der Waals surface area (Å²) in [4.78, 5) is 11.2. The zero-order valence-electron chi connectivity index (χ0n) is 9.17. The van der Waals surface area contributed by atoms with E-state index in [0.717, 1.165) is 12.8 Å². The molecule has 0 bridgehead atoms. The van der Waals surface area contributed by atoms with E-state index in [1.165, 1.54) is 10.9 Å². The number of aryl methyl sites for hydroxylation is 1. The van der Waals surface area contributed by atoms with Crippen molar-refractivity contribution in [2.75, 3.05) is 5.32 Å². The molecule has 1 aliphatic carbocycles. The van der Waals surface area contributed by atoms with Crippen LogP contribution in [0.5, 0.6) is 0 Å². The number of carbonyl (C=O) groups is 1. The number of carbonyl (C=O) groups excluding carboxylic acids is 1. The molecule has 1 aromatic rings. The minimum atomic E-state index is -3.90. The molecule has 8 nitrogen and oxygen atoms in total. The van der Waals surface area contributed by atoms with Gasteiger partial charge in [0.15, 0.2) is 5.82 Å². The molecule has 1 aromatic heterocycles. The molecule has 94 valence electrons. The van der Waals surface area contributed by atoms with E-state index in [4.69, 9.17) is 5.14 Å². The molecule has 2 rings (SSSR count). The Hall–Kier alpha value is -1.61. The zero-order chi connectivity index (χ0) is 12.6. The first-order valence-electron chi connectivity index (χ1n) is 5.00. The van der Waals surface area contributed by atoms with E-state index in [9.17, 15) is 13.2 Å². The minimum Gasteiger partial charge on any atom is -0.335 e. The van der Waals surface area contributed by atoms with Crippen molar-refractivity contribution in [2.45, 2.75) is 23.8 Å². The third kappa shape index (κ3) is 2.94.